The van der Waals surface area contributed by atoms with Crippen molar-refractivity contribution in [3.63, 3.8) is 0 Å². The first-order valence-corrected chi connectivity index (χ1v) is 8.97. The molecule has 27 heavy (non-hydrogen) atoms. The first-order valence-electron chi connectivity index (χ1n) is 8.97. The molecule has 7 nitrogen and oxygen atoms in total. The van der Waals surface area contributed by atoms with Crippen LogP contribution in [0.1, 0.15) is 29.8 Å². The van der Waals surface area contributed by atoms with Gasteiger partial charge in [-0.25, -0.2) is 0 Å². The molecule has 0 aliphatic carbocycles. The molecule has 2 N–H and O–H groups in total. The van der Waals surface area contributed by atoms with Gasteiger partial charge in [-0.05, 0) is 50.1 Å². The highest BCUT2D eigenvalue weighted by Gasteiger charge is 2.12. The number of hydrogen-bond donors (Lipinski definition) is 2. The monoisotopic (exact) mass is 371 g/mol. The van der Waals surface area contributed by atoms with Gasteiger partial charge in [-0.2, -0.15) is 0 Å². The van der Waals surface area contributed by atoms with Gasteiger partial charge in [0.2, 0.25) is 5.91 Å². The number of rotatable bonds is 10. The Hall–Kier alpha value is -3.09. The molecule has 1 aromatic carbocycles. The lowest BCUT2D eigenvalue weighted by molar-refractivity contribution is -0.120. The standard InChI is InChI=1S/C20H25N3O4/c1-3-26-17-8-7-16(12-18(17)27-4-2)20(25)23-14-19(24)22-11-9-15-6-5-10-21-13-15/h5-8,10,12-13H,3-4,9,11,14H2,1-2H3,(H,22,24)(H,23,25). The van der Waals surface area contributed by atoms with E-state index in [1.807, 2.05) is 26.0 Å². The number of carbonyl (C=O) groups is 2. The largest absolute Gasteiger partial charge is 0.490 e. The van der Waals surface area contributed by atoms with Crippen molar-refractivity contribution in [2.75, 3.05) is 26.3 Å². The van der Waals surface area contributed by atoms with Gasteiger partial charge < -0.3 is 20.1 Å². The number of pyridine rings is 1. The van der Waals surface area contributed by atoms with Crippen LogP contribution in [-0.4, -0.2) is 43.1 Å². The molecule has 7 heteroatoms. The summed E-state index contributed by atoms with van der Waals surface area (Å²) >= 11 is 0. The average Bonchev–Trinajstić information content (AvgIpc) is 2.68. The Morgan fingerprint density at radius 2 is 1.81 bits per heavy atom. The lowest BCUT2D eigenvalue weighted by Crippen LogP contribution is -2.37. The second-order valence-electron chi connectivity index (χ2n) is 5.67. The van der Waals surface area contributed by atoms with Crippen molar-refractivity contribution in [3.05, 3.63) is 53.9 Å². The Labute approximate surface area is 159 Å². The van der Waals surface area contributed by atoms with Crippen LogP contribution in [0.15, 0.2) is 42.7 Å². The zero-order valence-electron chi connectivity index (χ0n) is 15.7. The molecular weight excluding hydrogens is 346 g/mol. The van der Waals surface area contributed by atoms with Crippen molar-refractivity contribution in [2.45, 2.75) is 20.3 Å². The van der Waals surface area contributed by atoms with Gasteiger partial charge >= 0.3 is 0 Å². The van der Waals surface area contributed by atoms with Crippen LogP contribution in [-0.2, 0) is 11.2 Å². The van der Waals surface area contributed by atoms with Crippen LogP contribution in [0.25, 0.3) is 0 Å². The molecule has 0 radical (unpaired) electrons. The van der Waals surface area contributed by atoms with Gasteiger partial charge in [0.1, 0.15) is 0 Å². The average molecular weight is 371 g/mol. The summed E-state index contributed by atoms with van der Waals surface area (Å²) in [5.41, 5.74) is 1.45. The second-order valence-corrected chi connectivity index (χ2v) is 5.67. The summed E-state index contributed by atoms with van der Waals surface area (Å²) in [4.78, 5) is 28.2. The van der Waals surface area contributed by atoms with E-state index in [2.05, 4.69) is 15.6 Å². The van der Waals surface area contributed by atoms with E-state index in [-0.39, 0.29) is 18.4 Å². The van der Waals surface area contributed by atoms with Crippen molar-refractivity contribution in [1.82, 2.24) is 15.6 Å². The number of benzene rings is 1. The molecule has 0 unspecified atom stereocenters. The van der Waals surface area contributed by atoms with Crippen LogP contribution in [0.3, 0.4) is 0 Å². The van der Waals surface area contributed by atoms with Crippen LogP contribution < -0.4 is 20.1 Å². The summed E-state index contributed by atoms with van der Waals surface area (Å²) < 4.78 is 11.0. The van der Waals surface area contributed by atoms with Gasteiger partial charge in [-0.15, -0.1) is 0 Å². The fourth-order valence-electron chi connectivity index (χ4n) is 2.41. The molecule has 0 aliphatic rings. The number of nitrogens with one attached hydrogen (secondary N) is 2. The molecule has 0 atom stereocenters. The van der Waals surface area contributed by atoms with Crippen molar-refractivity contribution < 1.29 is 19.1 Å². The Morgan fingerprint density at radius 3 is 2.52 bits per heavy atom. The number of hydrogen-bond acceptors (Lipinski definition) is 5. The SMILES string of the molecule is CCOc1ccc(C(=O)NCC(=O)NCCc2cccnc2)cc1OCC. The molecule has 0 fully saturated rings. The maximum atomic E-state index is 12.3. The van der Waals surface area contributed by atoms with Gasteiger partial charge in [0.15, 0.2) is 11.5 Å². The highest BCUT2D eigenvalue weighted by molar-refractivity contribution is 5.97. The summed E-state index contributed by atoms with van der Waals surface area (Å²) in [6, 6.07) is 8.75. The summed E-state index contributed by atoms with van der Waals surface area (Å²) in [6.07, 6.45) is 4.15. The highest BCUT2D eigenvalue weighted by Crippen LogP contribution is 2.28. The maximum absolute atomic E-state index is 12.3. The van der Waals surface area contributed by atoms with E-state index in [1.165, 1.54) is 0 Å². The van der Waals surface area contributed by atoms with Gasteiger partial charge in [-0.3, -0.25) is 14.6 Å². The molecule has 0 bridgehead atoms. The topological polar surface area (TPSA) is 89.5 Å². The predicted octanol–water partition coefficient (Wildman–Crippen LogP) is 1.97. The minimum atomic E-state index is -0.346. The highest BCUT2D eigenvalue weighted by atomic mass is 16.5. The first-order chi connectivity index (χ1) is 13.1. The third kappa shape index (κ3) is 6.62. The Balaban J connectivity index is 1.82. The van der Waals surface area contributed by atoms with Crippen LogP contribution in [0.5, 0.6) is 11.5 Å². The molecule has 144 valence electrons. The fourth-order valence-corrected chi connectivity index (χ4v) is 2.41. The molecule has 0 aliphatic heterocycles. The first kappa shape index (κ1) is 20.2. The van der Waals surface area contributed by atoms with E-state index in [0.717, 1.165) is 5.56 Å². The number of nitrogens with zero attached hydrogens (tertiary/aromatic N) is 1. The third-order valence-electron chi connectivity index (χ3n) is 3.67. The van der Waals surface area contributed by atoms with Crippen LogP contribution in [0.2, 0.25) is 0 Å². The van der Waals surface area contributed by atoms with E-state index in [4.69, 9.17) is 9.47 Å². The Kier molecular flexibility index (Phi) is 8.09. The summed E-state index contributed by atoms with van der Waals surface area (Å²) in [5.74, 6) is 0.501. The van der Waals surface area contributed by atoms with Crippen molar-refractivity contribution >= 4 is 11.8 Å². The van der Waals surface area contributed by atoms with Gasteiger partial charge in [0, 0.05) is 24.5 Å². The summed E-state index contributed by atoms with van der Waals surface area (Å²) in [5, 5.41) is 5.38. The lowest BCUT2D eigenvalue weighted by atomic mass is 10.2. The normalized spacial score (nSPS) is 10.1. The van der Waals surface area contributed by atoms with E-state index in [1.54, 1.807) is 30.6 Å². The molecule has 0 saturated carbocycles. The molecule has 2 aromatic rings. The van der Waals surface area contributed by atoms with Crippen molar-refractivity contribution in [3.8, 4) is 11.5 Å². The minimum Gasteiger partial charge on any atom is -0.490 e. The number of ether oxygens (including phenoxy) is 2. The number of amides is 2. The van der Waals surface area contributed by atoms with Gasteiger partial charge in [0.05, 0.1) is 19.8 Å². The molecule has 1 heterocycles. The molecule has 0 spiro atoms. The minimum absolute atomic E-state index is 0.0942. The third-order valence-corrected chi connectivity index (χ3v) is 3.67. The van der Waals surface area contributed by atoms with E-state index in [0.29, 0.717) is 43.2 Å². The second kappa shape index (κ2) is 10.8. The van der Waals surface area contributed by atoms with Crippen LogP contribution in [0, 0.1) is 0 Å². The van der Waals surface area contributed by atoms with Crippen molar-refractivity contribution in [1.29, 1.82) is 0 Å². The van der Waals surface area contributed by atoms with Crippen molar-refractivity contribution in [2.24, 2.45) is 0 Å². The lowest BCUT2D eigenvalue weighted by Gasteiger charge is -2.12. The molecule has 1 aromatic heterocycles. The van der Waals surface area contributed by atoms with E-state index in [9.17, 15) is 9.59 Å². The summed E-state index contributed by atoms with van der Waals surface area (Å²) in [6.45, 7) is 5.10. The maximum Gasteiger partial charge on any atom is 0.251 e. The zero-order chi connectivity index (χ0) is 19.5. The zero-order valence-corrected chi connectivity index (χ0v) is 15.7. The fraction of sp³-hybridized carbons (Fsp3) is 0.350. The quantitative estimate of drug-likeness (QED) is 0.666. The van der Waals surface area contributed by atoms with Crippen LogP contribution >= 0.6 is 0 Å². The van der Waals surface area contributed by atoms with Crippen LogP contribution in [0.4, 0.5) is 0 Å². The number of carbonyl (C=O) groups excluding carboxylic acids is 2. The Bertz CT molecular complexity index is 750. The van der Waals surface area contributed by atoms with Gasteiger partial charge in [-0.1, -0.05) is 6.07 Å². The number of aromatic nitrogens is 1. The smallest absolute Gasteiger partial charge is 0.251 e. The molecular formula is C20H25N3O4. The Morgan fingerprint density at radius 1 is 1.04 bits per heavy atom. The molecule has 2 amide bonds. The van der Waals surface area contributed by atoms with E-state index >= 15 is 0 Å². The van der Waals surface area contributed by atoms with Gasteiger partial charge in [0.25, 0.3) is 5.91 Å². The summed E-state index contributed by atoms with van der Waals surface area (Å²) in [7, 11) is 0. The molecule has 2 rings (SSSR count). The molecule has 0 saturated heterocycles. The predicted molar refractivity (Wildman–Crippen MR) is 102 cm³/mol. The van der Waals surface area contributed by atoms with E-state index < -0.39 is 0 Å².